The summed E-state index contributed by atoms with van der Waals surface area (Å²) in [4.78, 5) is 42.7. The number of carbonyl (C=O) groups excluding carboxylic acids is 1. The SMILES string of the molecule is Cn1c(=O)c2cc(C(=O)Nc3ccc4c(c3)OCCO4)cnc2n(-c2ccccc2)c1=O. The molecule has 0 radical (unpaired) electrons. The molecular formula is C23H18N4O5. The Morgan fingerprint density at radius 2 is 1.75 bits per heavy atom. The van der Waals surface area contributed by atoms with Crippen LogP contribution in [0.2, 0.25) is 0 Å². The van der Waals surface area contributed by atoms with Crippen LogP contribution >= 0.6 is 0 Å². The smallest absolute Gasteiger partial charge is 0.337 e. The molecule has 0 atom stereocenters. The van der Waals surface area contributed by atoms with Crippen LogP contribution in [0.3, 0.4) is 0 Å². The Morgan fingerprint density at radius 1 is 1.00 bits per heavy atom. The molecule has 9 heteroatoms. The molecule has 32 heavy (non-hydrogen) atoms. The van der Waals surface area contributed by atoms with Crippen molar-refractivity contribution in [2.45, 2.75) is 0 Å². The first-order valence-corrected chi connectivity index (χ1v) is 9.91. The standard InChI is InChI=1S/C23H18N4O5/c1-26-22(29)17-11-14(13-24-20(17)27(23(26)30)16-5-3-2-4-6-16)21(28)25-15-7-8-18-19(12-15)32-10-9-31-18/h2-8,11-13H,9-10H2,1H3,(H,25,28). The summed E-state index contributed by atoms with van der Waals surface area (Å²) in [5, 5.41) is 2.93. The van der Waals surface area contributed by atoms with Crippen LogP contribution in [0.25, 0.3) is 16.7 Å². The fourth-order valence-electron chi connectivity index (χ4n) is 3.56. The van der Waals surface area contributed by atoms with Crippen LogP contribution in [-0.4, -0.2) is 33.2 Å². The number of ether oxygens (including phenoxy) is 2. The Balaban J connectivity index is 1.55. The third-order valence-corrected chi connectivity index (χ3v) is 5.17. The van der Waals surface area contributed by atoms with Crippen molar-refractivity contribution in [2.24, 2.45) is 7.05 Å². The molecule has 0 aliphatic carbocycles. The van der Waals surface area contributed by atoms with E-state index in [1.165, 1.54) is 23.9 Å². The first-order chi connectivity index (χ1) is 15.5. The van der Waals surface area contributed by atoms with E-state index in [1.807, 2.05) is 6.07 Å². The molecule has 5 rings (SSSR count). The molecule has 3 heterocycles. The molecule has 0 bridgehead atoms. The highest BCUT2D eigenvalue weighted by atomic mass is 16.6. The molecule has 4 aromatic rings. The molecule has 1 N–H and O–H groups in total. The summed E-state index contributed by atoms with van der Waals surface area (Å²) >= 11 is 0. The molecule has 1 aliphatic heterocycles. The van der Waals surface area contributed by atoms with Crippen LogP contribution in [0.5, 0.6) is 11.5 Å². The molecule has 0 spiro atoms. The van der Waals surface area contributed by atoms with Crippen molar-refractivity contribution in [3.63, 3.8) is 0 Å². The lowest BCUT2D eigenvalue weighted by Gasteiger charge is -2.19. The number of anilines is 1. The number of carbonyl (C=O) groups is 1. The lowest BCUT2D eigenvalue weighted by atomic mass is 10.2. The fourth-order valence-corrected chi connectivity index (χ4v) is 3.56. The first-order valence-electron chi connectivity index (χ1n) is 9.91. The normalized spacial score (nSPS) is 12.5. The van der Waals surface area contributed by atoms with Gasteiger partial charge in [0.2, 0.25) is 0 Å². The summed E-state index contributed by atoms with van der Waals surface area (Å²) in [5.41, 5.74) is 0.400. The largest absolute Gasteiger partial charge is 0.486 e. The minimum absolute atomic E-state index is 0.158. The predicted molar refractivity (Wildman–Crippen MR) is 118 cm³/mol. The Labute approximate surface area is 181 Å². The molecule has 0 unspecified atom stereocenters. The zero-order valence-electron chi connectivity index (χ0n) is 17.1. The van der Waals surface area contributed by atoms with Gasteiger partial charge in [0.25, 0.3) is 11.5 Å². The number of hydrogen-bond donors (Lipinski definition) is 1. The van der Waals surface area contributed by atoms with Crippen LogP contribution in [0.15, 0.2) is 70.4 Å². The Kier molecular flexibility index (Phi) is 4.70. The summed E-state index contributed by atoms with van der Waals surface area (Å²) in [6.07, 6.45) is 1.34. The number of para-hydroxylation sites is 1. The maximum atomic E-state index is 12.8. The molecule has 0 saturated carbocycles. The second kappa shape index (κ2) is 7.69. The van der Waals surface area contributed by atoms with Crippen LogP contribution in [0.1, 0.15) is 10.4 Å². The van der Waals surface area contributed by atoms with E-state index in [4.69, 9.17) is 9.47 Å². The monoisotopic (exact) mass is 430 g/mol. The lowest BCUT2D eigenvalue weighted by Crippen LogP contribution is -2.38. The Hall–Kier alpha value is -4.40. The molecule has 0 saturated heterocycles. The highest BCUT2D eigenvalue weighted by Gasteiger charge is 2.17. The van der Waals surface area contributed by atoms with Crippen LogP contribution < -0.4 is 26.0 Å². The van der Waals surface area contributed by atoms with Crippen molar-refractivity contribution < 1.29 is 14.3 Å². The second-order valence-electron chi connectivity index (χ2n) is 7.23. The van der Waals surface area contributed by atoms with E-state index >= 15 is 0 Å². The highest BCUT2D eigenvalue weighted by Crippen LogP contribution is 2.32. The number of aromatic nitrogens is 3. The lowest BCUT2D eigenvalue weighted by molar-refractivity contribution is 0.102. The molecule has 160 valence electrons. The molecular weight excluding hydrogens is 412 g/mol. The average Bonchev–Trinajstić information content (AvgIpc) is 2.83. The van der Waals surface area contributed by atoms with Gasteiger partial charge < -0.3 is 14.8 Å². The zero-order chi connectivity index (χ0) is 22.2. The first kappa shape index (κ1) is 19.6. The number of fused-ring (bicyclic) bond motifs is 2. The van der Waals surface area contributed by atoms with E-state index in [1.54, 1.807) is 42.5 Å². The van der Waals surface area contributed by atoms with E-state index in [0.717, 1.165) is 4.57 Å². The minimum atomic E-state index is -0.529. The maximum absolute atomic E-state index is 12.8. The molecule has 1 aliphatic rings. The minimum Gasteiger partial charge on any atom is -0.486 e. The van der Waals surface area contributed by atoms with Gasteiger partial charge >= 0.3 is 5.69 Å². The summed E-state index contributed by atoms with van der Waals surface area (Å²) in [5.74, 6) is 0.714. The van der Waals surface area contributed by atoms with Crippen molar-refractivity contribution in [2.75, 3.05) is 18.5 Å². The van der Waals surface area contributed by atoms with Crippen LogP contribution in [0, 0.1) is 0 Å². The molecule has 9 nitrogen and oxygen atoms in total. The predicted octanol–water partition coefficient (Wildman–Crippen LogP) is 2.11. The quantitative estimate of drug-likeness (QED) is 0.534. The van der Waals surface area contributed by atoms with Gasteiger partial charge in [-0.3, -0.25) is 14.2 Å². The van der Waals surface area contributed by atoms with Crippen molar-refractivity contribution in [3.8, 4) is 17.2 Å². The van der Waals surface area contributed by atoms with Crippen molar-refractivity contribution in [1.82, 2.24) is 14.1 Å². The summed E-state index contributed by atoms with van der Waals surface area (Å²) < 4.78 is 13.4. The van der Waals surface area contributed by atoms with Gasteiger partial charge in [-0.05, 0) is 30.3 Å². The van der Waals surface area contributed by atoms with E-state index in [-0.39, 0.29) is 16.6 Å². The number of amides is 1. The molecule has 0 fully saturated rings. The van der Waals surface area contributed by atoms with Gasteiger partial charge in [-0.25, -0.2) is 14.3 Å². The van der Waals surface area contributed by atoms with Gasteiger partial charge in [-0.1, -0.05) is 18.2 Å². The van der Waals surface area contributed by atoms with Crippen LogP contribution in [-0.2, 0) is 7.05 Å². The Morgan fingerprint density at radius 3 is 2.53 bits per heavy atom. The third-order valence-electron chi connectivity index (χ3n) is 5.17. The number of nitrogens with one attached hydrogen (secondary N) is 1. The maximum Gasteiger partial charge on any atom is 0.337 e. The van der Waals surface area contributed by atoms with E-state index in [0.29, 0.717) is 36.1 Å². The number of rotatable bonds is 3. The summed E-state index contributed by atoms with van der Waals surface area (Å²) in [6, 6.07) is 15.4. The van der Waals surface area contributed by atoms with Gasteiger partial charge in [0.1, 0.15) is 13.2 Å². The van der Waals surface area contributed by atoms with Gasteiger partial charge in [-0.15, -0.1) is 0 Å². The van der Waals surface area contributed by atoms with Gasteiger partial charge in [0.15, 0.2) is 17.1 Å². The number of benzene rings is 2. The number of hydrogen-bond acceptors (Lipinski definition) is 6. The zero-order valence-corrected chi connectivity index (χ0v) is 17.1. The van der Waals surface area contributed by atoms with Crippen LogP contribution in [0.4, 0.5) is 5.69 Å². The third kappa shape index (κ3) is 3.29. The topological polar surface area (TPSA) is 104 Å². The highest BCUT2D eigenvalue weighted by molar-refractivity contribution is 6.05. The molecule has 1 amide bonds. The van der Waals surface area contributed by atoms with Gasteiger partial charge in [0, 0.05) is 25.0 Å². The van der Waals surface area contributed by atoms with Crippen molar-refractivity contribution in [1.29, 1.82) is 0 Å². The second-order valence-corrected chi connectivity index (χ2v) is 7.23. The fraction of sp³-hybridized carbons (Fsp3) is 0.130. The summed E-state index contributed by atoms with van der Waals surface area (Å²) in [7, 11) is 1.39. The van der Waals surface area contributed by atoms with Gasteiger partial charge in [0.05, 0.1) is 16.6 Å². The number of nitrogens with zero attached hydrogens (tertiary/aromatic N) is 3. The summed E-state index contributed by atoms with van der Waals surface area (Å²) in [6.45, 7) is 0.913. The molecule has 2 aromatic carbocycles. The molecule has 2 aromatic heterocycles. The van der Waals surface area contributed by atoms with E-state index < -0.39 is 17.2 Å². The van der Waals surface area contributed by atoms with Gasteiger partial charge in [-0.2, -0.15) is 0 Å². The average molecular weight is 430 g/mol. The number of pyridine rings is 1. The van der Waals surface area contributed by atoms with E-state index in [2.05, 4.69) is 10.3 Å². The van der Waals surface area contributed by atoms with Crippen molar-refractivity contribution >= 4 is 22.6 Å². The Bertz CT molecular complexity index is 1470. The van der Waals surface area contributed by atoms with Crippen molar-refractivity contribution in [3.05, 3.63) is 87.2 Å². The van der Waals surface area contributed by atoms with E-state index in [9.17, 15) is 14.4 Å².